The van der Waals surface area contributed by atoms with E-state index < -0.39 is 0 Å². The van der Waals surface area contributed by atoms with E-state index in [-0.39, 0.29) is 30.3 Å². The summed E-state index contributed by atoms with van der Waals surface area (Å²) in [6, 6.07) is 7.68. The Morgan fingerprint density at radius 2 is 2.12 bits per heavy atom. The Morgan fingerprint density at radius 1 is 1.33 bits per heavy atom. The van der Waals surface area contributed by atoms with Crippen LogP contribution in [0.2, 0.25) is 0 Å². The molecule has 3 atom stereocenters. The maximum absolute atomic E-state index is 12.4. The van der Waals surface area contributed by atoms with E-state index in [4.69, 9.17) is 4.74 Å². The lowest BCUT2D eigenvalue weighted by atomic mass is 9.87. The molecular formula is C18H26N3O3+. The molecule has 4 N–H and O–H groups in total. The van der Waals surface area contributed by atoms with Crippen LogP contribution in [-0.4, -0.2) is 36.5 Å². The number of piperazine rings is 1. The van der Waals surface area contributed by atoms with Crippen LogP contribution in [0.3, 0.4) is 0 Å². The minimum Gasteiger partial charge on any atom is -0.492 e. The summed E-state index contributed by atoms with van der Waals surface area (Å²) < 4.78 is 5.52. The maximum atomic E-state index is 12.4. The number of ether oxygens (including phenoxy) is 1. The van der Waals surface area contributed by atoms with E-state index in [1.54, 1.807) is 0 Å². The summed E-state index contributed by atoms with van der Waals surface area (Å²) in [6.07, 6.45) is 4.71. The van der Waals surface area contributed by atoms with Gasteiger partial charge in [0.05, 0.1) is 24.8 Å². The lowest BCUT2D eigenvalue weighted by molar-refractivity contribution is -0.718. The normalized spacial score (nSPS) is 26.2. The molecule has 3 rings (SSSR count). The zero-order chi connectivity index (χ0) is 16.9. The zero-order valence-electron chi connectivity index (χ0n) is 14.1. The van der Waals surface area contributed by atoms with Crippen molar-refractivity contribution in [1.82, 2.24) is 5.32 Å². The topological polar surface area (TPSA) is 84.0 Å². The van der Waals surface area contributed by atoms with Gasteiger partial charge in [0.1, 0.15) is 11.8 Å². The largest absolute Gasteiger partial charge is 0.492 e. The van der Waals surface area contributed by atoms with E-state index in [9.17, 15) is 9.59 Å². The minimum absolute atomic E-state index is 0.0219. The van der Waals surface area contributed by atoms with Gasteiger partial charge in [0.15, 0.2) is 6.04 Å². The van der Waals surface area contributed by atoms with Gasteiger partial charge in [-0.3, -0.25) is 9.59 Å². The number of para-hydroxylation sites is 2. The summed E-state index contributed by atoms with van der Waals surface area (Å²) >= 11 is 0. The molecule has 1 aliphatic carbocycles. The van der Waals surface area contributed by atoms with Gasteiger partial charge in [-0.2, -0.15) is 0 Å². The molecule has 0 radical (unpaired) electrons. The van der Waals surface area contributed by atoms with E-state index in [1.165, 1.54) is 12.8 Å². The Kier molecular flexibility index (Phi) is 5.35. The van der Waals surface area contributed by atoms with Gasteiger partial charge >= 0.3 is 0 Å². The molecule has 1 aliphatic heterocycles. The maximum Gasteiger partial charge on any atom is 0.279 e. The first-order valence-corrected chi connectivity index (χ1v) is 8.84. The third-order valence-electron chi connectivity index (χ3n) is 4.83. The Hall–Kier alpha value is -2.08. The third kappa shape index (κ3) is 3.87. The third-order valence-corrected chi connectivity index (χ3v) is 4.83. The summed E-state index contributed by atoms with van der Waals surface area (Å²) in [7, 11) is 0. The van der Waals surface area contributed by atoms with Crippen molar-refractivity contribution in [1.29, 1.82) is 0 Å². The highest BCUT2D eigenvalue weighted by molar-refractivity contribution is 5.96. The molecule has 0 unspecified atom stereocenters. The van der Waals surface area contributed by atoms with Gasteiger partial charge < -0.3 is 20.7 Å². The van der Waals surface area contributed by atoms with Crippen LogP contribution >= 0.6 is 0 Å². The molecule has 0 aromatic heterocycles. The van der Waals surface area contributed by atoms with Gasteiger partial charge in [0.25, 0.3) is 5.91 Å². The molecule has 1 aromatic carbocycles. The first kappa shape index (κ1) is 16.8. The number of carbonyl (C=O) groups excluding carboxylic acids is 2. The van der Waals surface area contributed by atoms with Crippen molar-refractivity contribution in [2.45, 2.75) is 57.2 Å². The van der Waals surface area contributed by atoms with Gasteiger partial charge in [-0.05, 0) is 31.9 Å². The predicted octanol–water partition coefficient (Wildman–Crippen LogP) is 0.787. The molecule has 6 heteroatoms. The van der Waals surface area contributed by atoms with E-state index in [0.717, 1.165) is 12.8 Å². The van der Waals surface area contributed by atoms with Crippen LogP contribution in [0.1, 0.15) is 39.0 Å². The minimum atomic E-state index is -0.344. The molecule has 1 heterocycles. The number of nitrogens with one attached hydrogen (secondary N) is 2. The number of rotatable bonds is 5. The van der Waals surface area contributed by atoms with Gasteiger partial charge in [-0.15, -0.1) is 0 Å². The second-order valence-electron chi connectivity index (χ2n) is 6.54. The first-order chi connectivity index (χ1) is 11.7. The Bertz CT molecular complexity index is 605. The number of fused-ring (bicyclic) bond motifs is 1. The highest BCUT2D eigenvalue weighted by Gasteiger charge is 2.40. The Labute approximate surface area is 142 Å². The van der Waals surface area contributed by atoms with Gasteiger partial charge in [-0.1, -0.05) is 18.6 Å². The second-order valence-corrected chi connectivity index (χ2v) is 6.54. The van der Waals surface area contributed by atoms with Crippen LogP contribution < -0.4 is 20.7 Å². The molecule has 1 saturated heterocycles. The fourth-order valence-corrected chi connectivity index (χ4v) is 3.66. The second kappa shape index (κ2) is 7.66. The van der Waals surface area contributed by atoms with Crippen LogP contribution in [0.15, 0.2) is 24.3 Å². The molecule has 0 spiro atoms. The van der Waals surface area contributed by atoms with Crippen molar-refractivity contribution >= 4 is 17.5 Å². The standard InChI is InChI=1S/C18H25N3O3/c1-2-24-16-10-6-5-9-14(16)20-17(22)11-15-18(23)21-13-8-4-3-7-12(13)19-15/h5-6,9-10,12-13,15,19H,2-4,7-8,11H2,1H3,(H,20,22)(H,21,23)/p+1/t12-,13+,15-/m1/s1. The quantitative estimate of drug-likeness (QED) is 0.745. The average molecular weight is 332 g/mol. The van der Waals surface area contributed by atoms with Crippen molar-refractivity contribution in [3.8, 4) is 5.75 Å². The number of quaternary nitrogens is 1. The van der Waals surface area contributed by atoms with E-state index in [1.807, 2.05) is 31.2 Å². The molecule has 1 saturated carbocycles. The summed E-state index contributed by atoms with van der Waals surface area (Å²) in [6.45, 7) is 2.44. The number of amides is 2. The molecule has 24 heavy (non-hydrogen) atoms. The summed E-state index contributed by atoms with van der Waals surface area (Å²) in [5.41, 5.74) is 0.649. The fourth-order valence-electron chi connectivity index (χ4n) is 3.66. The molecule has 6 nitrogen and oxygen atoms in total. The van der Waals surface area contributed by atoms with Crippen LogP contribution in [-0.2, 0) is 9.59 Å². The summed E-state index contributed by atoms with van der Waals surface area (Å²) in [5, 5.41) is 8.06. The van der Waals surface area contributed by atoms with Crippen LogP contribution in [0.25, 0.3) is 0 Å². The van der Waals surface area contributed by atoms with Crippen molar-refractivity contribution in [3.63, 3.8) is 0 Å². The summed E-state index contributed by atoms with van der Waals surface area (Å²) in [4.78, 5) is 24.6. The van der Waals surface area contributed by atoms with E-state index in [0.29, 0.717) is 24.1 Å². The van der Waals surface area contributed by atoms with Crippen LogP contribution in [0.4, 0.5) is 5.69 Å². The van der Waals surface area contributed by atoms with Gasteiger partial charge in [0, 0.05) is 6.42 Å². The Morgan fingerprint density at radius 3 is 2.96 bits per heavy atom. The highest BCUT2D eigenvalue weighted by atomic mass is 16.5. The number of nitrogens with two attached hydrogens (primary N) is 1. The monoisotopic (exact) mass is 332 g/mol. The van der Waals surface area contributed by atoms with Crippen molar-refractivity contribution < 1.29 is 19.6 Å². The number of hydrogen-bond donors (Lipinski definition) is 3. The molecule has 1 aromatic rings. The van der Waals surface area contributed by atoms with E-state index >= 15 is 0 Å². The molecule has 2 aliphatic rings. The van der Waals surface area contributed by atoms with Gasteiger partial charge in [0.2, 0.25) is 5.91 Å². The lowest BCUT2D eigenvalue weighted by Crippen LogP contribution is -3.03. The average Bonchev–Trinajstić information content (AvgIpc) is 2.57. The smallest absolute Gasteiger partial charge is 0.279 e. The number of hydrogen-bond acceptors (Lipinski definition) is 3. The van der Waals surface area contributed by atoms with Crippen LogP contribution in [0.5, 0.6) is 5.75 Å². The molecular weight excluding hydrogens is 306 g/mol. The molecule has 2 amide bonds. The fraction of sp³-hybridized carbons (Fsp3) is 0.556. The molecule has 130 valence electrons. The van der Waals surface area contributed by atoms with Crippen molar-refractivity contribution in [2.75, 3.05) is 11.9 Å². The lowest BCUT2D eigenvalue weighted by Gasteiger charge is -2.37. The van der Waals surface area contributed by atoms with Crippen molar-refractivity contribution in [3.05, 3.63) is 24.3 Å². The van der Waals surface area contributed by atoms with Crippen LogP contribution in [0, 0.1) is 0 Å². The number of benzene rings is 1. The molecule has 2 fully saturated rings. The van der Waals surface area contributed by atoms with Gasteiger partial charge in [-0.25, -0.2) is 0 Å². The Balaban J connectivity index is 1.59. The number of anilines is 1. The first-order valence-electron chi connectivity index (χ1n) is 8.84. The van der Waals surface area contributed by atoms with Crippen molar-refractivity contribution in [2.24, 2.45) is 0 Å². The molecule has 0 bridgehead atoms. The number of carbonyl (C=O) groups is 2. The van der Waals surface area contributed by atoms with E-state index in [2.05, 4.69) is 16.0 Å². The highest BCUT2D eigenvalue weighted by Crippen LogP contribution is 2.24. The predicted molar refractivity (Wildman–Crippen MR) is 90.8 cm³/mol. The SMILES string of the molecule is CCOc1ccccc1NC(=O)C[C@H]1[NH2+][C@@H]2CCCC[C@@H]2NC1=O. The zero-order valence-corrected chi connectivity index (χ0v) is 14.1. The summed E-state index contributed by atoms with van der Waals surface area (Å²) in [5.74, 6) is 0.469.